The van der Waals surface area contributed by atoms with E-state index in [1.165, 1.54) is 10.8 Å². The van der Waals surface area contributed by atoms with Crippen molar-refractivity contribution in [2.24, 2.45) is 0 Å². The molecule has 3 rings (SSSR count). The van der Waals surface area contributed by atoms with E-state index in [0.29, 0.717) is 36.7 Å². The summed E-state index contributed by atoms with van der Waals surface area (Å²) in [5.41, 5.74) is 2.57. The second kappa shape index (κ2) is 8.34. The lowest BCUT2D eigenvalue weighted by Crippen LogP contribution is -2.04. The van der Waals surface area contributed by atoms with Crippen LogP contribution in [-0.2, 0) is 13.0 Å². The summed E-state index contributed by atoms with van der Waals surface area (Å²) >= 11 is 0. The number of rotatable bonds is 8. The van der Waals surface area contributed by atoms with Gasteiger partial charge in [-0.2, -0.15) is 0 Å². The molecule has 26 heavy (non-hydrogen) atoms. The van der Waals surface area contributed by atoms with Crippen LogP contribution in [0.5, 0.6) is 11.5 Å². The lowest BCUT2D eigenvalue weighted by molar-refractivity contribution is 0.112. The van der Waals surface area contributed by atoms with Crippen LogP contribution < -0.4 is 9.47 Å². The Morgan fingerprint density at radius 2 is 1.81 bits per heavy atom. The first-order valence-electron chi connectivity index (χ1n) is 8.72. The van der Waals surface area contributed by atoms with E-state index in [0.717, 1.165) is 17.4 Å². The molecular weight excluding hydrogens is 324 g/mol. The maximum atomic E-state index is 11.2. The van der Waals surface area contributed by atoms with Crippen molar-refractivity contribution < 1.29 is 14.3 Å². The van der Waals surface area contributed by atoms with Gasteiger partial charge in [-0.1, -0.05) is 48.5 Å². The molecule has 0 unspecified atom stereocenters. The fourth-order valence-electron chi connectivity index (χ4n) is 3.05. The summed E-state index contributed by atoms with van der Waals surface area (Å²) in [6, 6.07) is 18.0. The van der Waals surface area contributed by atoms with Gasteiger partial charge in [-0.05, 0) is 41.8 Å². The molecule has 0 atom stereocenters. The highest BCUT2D eigenvalue weighted by molar-refractivity contribution is 5.85. The van der Waals surface area contributed by atoms with Crippen molar-refractivity contribution >= 4 is 17.1 Å². The predicted octanol–water partition coefficient (Wildman–Crippen LogP) is 5.36. The number of benzene rings is 3. The molecule has 3 aromatic carbocycles. The van der Waals surface area contributed by atoms with Crippen LogP contribution in [-0.4, -0.2) is 12.9 Å². The molecule has 0 heterocycles. The average Bonchev–Trinajstić information content (AvgIpc) is 2.67. The lowest BCUT2D eigenvalue weighted by atomic mass is 10.0. The number of hydrogen-bond donors (Lipinski definition) is 0. The van der Waals surface area contributed by atoms with Gasteiger partial charge in [-0.25, -0.2) is 0 Å². The van der Waals surface area contributed by atoms with Crippen molar-refractivity contribution in [1.29, 1.82) is 0 Å². The van der Waals surface area contributed by atoms with E-state index < -0.39 is 0 Å². The Morgan fingerprint density at radius 3 is 2.58 bits per heavy atom. The third-order valence-corrected chi connectivity index (χ3v) is 4.21. The number of hydrogen-bond acceptors (Lipinski definition) is 3. The molecule has 3 aromatic rings. The Labute approximate surface area is 153 Å². The fourth-order valence-corrected chi connectivity index (χ4v) is 3.05. The summed E-state index contributed by atoms with van der Waals surface area (Å²) in [4.78, 5) is 11.2. The minimum absolute atomic E-state index is 0.423. The van der Waals surface area contributed by atoms with Crippen LogP contribution in [0.3, 0.4) is 0 Å². The van der Waals surface area contributed by atoms with Gasteiger partial charge in [-0.15, -0.1) is 6.58 Å². The maximum absolute atomic E-state index is 11.2. The fraction of sp³-hybridized carbons (Fsp3) is 0.174. The Bertz CT molecular complexity index is 923. The van der Waals surface area contributed by atoms with Gasteiger partial charge in [0, 0.05) is 11.1 Å². The second-order valence-electron chi connectivity index (χ2n) is 5.98. The van der Waals surface area contributed by atoms with Gasteiger partial charge in [0.1, 0.15) is 12.9 Å². The van der Waals surface area contributed by atoms with E-state index in [1.807, 2.05) is 31.2 Å². The Hall–Kier alpha value is -3.07. The lowest BCUT2D eigenvalue weighted by Gasteiger charge is -2.17. The van der Waals surface area contributed by atoms with Gasteiger partial charge in [-0.3, -0.25) is 4.79 Å². The standard InChI is InChI=1S/C23H22O3/c1-3-8-19-13-17(15-24)14-22(25-4-2)23(19)26-16-20-11-7-10-18-9-5-6-12-21(18)20/h3,5-7,9-15H,1,4,8,16H2,2H3. The van der Waals surface area contributed by atoms with Gasteiger partial charge in [0.25, 0.3) is 0 Å². The molecule has 0 aliphatic rings. The molecule has 0 amide bonds. The molecule has 0 N–H and O–H groups in total. The summed E-state index contributed by atoms with van der Waals surface area (Å²) in [6.07, 6.45) is 3.22. The molecule has 0 aromatic heterocycles. The summed E-state index contributed by atoms with van der Waals surface area (Å²) in [5, 5.41) is 2.35. The minimum atomic E-state index is 0.423. The molecule has 0 fully saturated rings. The van der Waals surface area contributed by atoms with Crippen molar-refractivity contribution in [3.63, 3.8) is 0 Å². The van der Waals surface area contributed by atoms with Gasteiger partial charge in [0.05, 0.1) is 6.61 Å². The first-order chi connectivity index (χ1) is 12.8. The van der Waals surface area contributed by atoms with Gasteiger partial charge < -0.3 is 9.47 Å². The van der Waals surface area contributed by atoms with Crippen molar-refractivity contribution in [3.05, 3.63) is 83.9 Å². The Kier molecular flexibility index (Phi) is 5.69. The molecule has 0 radical (unpaired) electrons. The molecule has 3 nitrogen and oxygen atoms in total. The monoisotopic (exact) mass is 346 g/mol. The van der Waals surface area contributed by atoms with Crippen LogP contribution in [0, 0.1) is 0 Å². The summed E-state index contributed by atoms with van der Waals surface area (Å²) in [7, 11) is 0. The van der Waals surface area contributed by atoms with Gasteiger partial charge >= 0.3 is 0 Å². The van der Waals surface area contributed by atoms with E-state index in [9.17, 15) is 4.79 Å². The smallest absolute Gasteiger partial charge is 0.165 e. The highest BCUT2D eigenvalue weighted by Crippen LogP contribution is 2.34. The first-order valence-corrected chi connectivity index (χ1v) is 8.72. The van der Waals surface area contributed by atoms with Crippen LogP contribution in [0.2, 0.25) is 0 Å². The predicted molar refractivity (Wildman–Crippen MR) is 105 cm³/mol. The quantitative estimate of drug-likeness (QED) is 0.407. The number of fused-ring (bicyclic) bond motifs is 1. The SMILES string of the molecule is C=CCc1cc(C=O)cc(OCC)c1OCc1cccc2ccccc12. The van der Waals surface area contributed by atoms with E-state index in [-0.39, 0.29) is 0 Å². The number of allylic oxidation sites excluding steroid dienone is 1. The van der Waals surface area contributed by atoms with Crippen LogP contribution in [0.4, 0.5) is 0 Å². The number of carbonyl (C=O) groups excluding carboxylic acids is 1. The van der Waals surface area contributed by atoms with Crippen molar-refractivity contribution in [1.82, 2.24) is 0 Å². The van der Waals surface area contributed by atoms with E-state index in [4.69, 9.17) is 9.47 Å². The largest absolute Gasteiger partial charge is 0.490 e. The molecule has 3 heteroatoms. The average molecular weight is 346 g/mol. The molecular formula is C23H22O3. The zero-order valence-corrected chi connectivity index (χ0v) is 14.9. The van der Waals surface area contributed by atoms with Crippen LogP contribution >= 0.6 is 0 Å². The summed E-state index contributed by atoms with van der Waals surface area (Å²) < 4.78 is 11.9. The molecule has 0 saturated heterocycles. The third kappa shape index (κ3) is 3.77. The van der Waals surface area contributed by atoms with Gasteiger partial charge in [0.15, 0.2) is 11.5 Å². The second-order valence-corrected chi connectivity index (χ2v) is 5.98. The highest BCUT2D eigenvalue weighted by atomic mass is 16.5. The minimum Gasteiger partial charge on any atom is -0.490 e. The van der Waals surface area contributed by atoms with Crippen molar-refractivity contribution in [2.75, 3.05) is 6.61 Å². The first kappa shape index (κ1) is 17.7. The number of carbonyl (C=O) groups is 1. The third-order valence-electron chi connectivity index (χ3n) is 4.21. The molecule has 0 aliphatic carbocycles. The zero-order chi connectivity index (χ0) is 18.4. The molecule has 0 saturated carbocycles. The van der Waals surface area contributed by atoms with Crippen molar-refractivity contribution in [3.8, 4) is 11.5 Å². The van der Waals surface area contributed by atoms with E-state index in [1.54, 1.807) is 12.1 Å². The summed E-state index contributed by atoms with van der Waals surface area (Å²) in [6.45, 7) is 6.64. The van der Waals surface area contributed by atoms with Crippen LogP contribution in [0.1, 0.15) is 28.4 Å². The summed E-state index contributed by atoms with van der Waals surface area (Å²) in [5.74, 6) is 1.26. The maximum Gasteiger partial charge on any atom is 0.165 e. The van der Waals surface area contributed by atoms with Gasteiger partial charge in [0.2, 0.25) is 0 Å². The molecule has 0 bridgehead atoms. The Balaban J connectivity index is 1.97. The zero-order valence-electron chi connectivity index (χ0n) is 14.9. The van der Waals surface area contributed by atoms with E-state index in [2.05, 4.69) is 30.8 Å². The Morgan fingerprint density at radius 1 is 1.00 bits per heavy atom. The van der Waals surface area contributed by atoms with Crippen LogP contribution in [0.25, 0.3) is 10.8 Å². The molecule has 0 aliphatic heterocycles. The highest BCUT2D eigenvalue weighted by Gasteiger charge is 2.14. The molecule has 0 spiro atoms. The van der Waals surface area contributed by atoms with Crippen molar-refractivity contribution in [2.45, 2.75) is 20.0 Å². The number of ether oxygens (including phenoxy) is 2. The number of aldehydes is 1. The topological polar surface area (TPSA) is 35.5 Å². The normalized spacial score (nSPS) is 10.5. The van der Waals surface area contributed by atoms with E-state index >= 15 is 0 Å². The molecule has 132 valence electrons. The van der Waals surface area contributed by atoms with Crippen LogP contribution in [0.15, 0.2) is 67.3 Å².